The van der Waals surface area contributed by atoms with E-state index in [9.17, 15) is 18.8 Å². The summed E-state index contributed by atoms with van der Waals surface area (Å²) in [6, 6.07) is 0. The van der Waals surface area contributed by atoms with Gasteiger partial charge in [-0.1, -0.05) is 31.2 Å². The predicted molar refractivity (Wildman–Crippen MR) is 141 cm³/mol. The highest BCUT2D eigenvalue weighted by atomic mass is 31.2. The number of nitrogens with two attached hydrogens (primary N) is 1. The van der Waals surface area contributed by atoms with Crippen molar-refractivity contribution >= 4 is 49.0 Å². The molecule has 2 heterocycles. The number of amides is 1. The fraction of sp³-hybridized carbons (Fsp3) is 0.391. The molecule has 0 aliphatic heterocycles. The van der Waals surface area contributed by atoms with Crippen molar-refractivity contribution in [2.24, 2.45) is 5.92 Å². The summed E-state index contributed by atoms with van der Waals surface area (Å²) in [5.74, 6) is -0.637. The van der Waals surface area contributed by atoms with Gasteiger partial charge in [0.05, 0.1) is 11.1 Å². The van der Waals surface area contributed by atoms with Gasteiger partial charge in [-0.2, -0.15) is 5.10 Å². The third-order valence-electron chi connectivity index (χ3n) is 6.08. The molecule has 1 amide bonds. The lowest BCUT2D eigenvalue weighted by molar-refractivity contribution is -0.117. The van der Waals surface area contributed by atoms with Gasteiger partial charge in [-0.25, -0.2) is 14.6 Å². The van der Waals surface area contributed by atoms with E-state index < -0.39 is 20.9 Å². The molecule has 4 rings (SSSR count). The first-order valence-electron chi connectivity index (χ1n) is 11.9. The molecule has 14 heteroatoms. The second kappa shape index (κ2) is 10.8. The van der Waals surface area contributed by atoms with Gasteiger partial charge in [-0.05, 0) is 43.3 Å². The highest BCUT2D eigenvalue weighted by Gasteiger charge is 2.29. The summed E-state index contributed by atoms with van der Waals surface area (Å²) < 4.78 is 24.6. The topological polar surface area (TPSA) is 194 Å². The molecule has 0 fully saturated rings. The zero-order chi connectivity index (χ0) is 26.8. The molecule has 0 saturated carbocycles. The van der Waals surface area contributed by atoms with Crippen molar-refractivity contribution < 1.29 is 28.6 Å². The van der Waals surface area contributed by atoms with E-state index in [0.717, 1.165) is 12.0 Å². The lowest BCUT2D eigenvalue weighted by atomic mass is 9.96. The number of allylic oxidation sites excluding steroid dienone is 7. The van der Waals surface area contributed by atoms with E-state index in [0.29, 0.717) is 52.6 Å². The molecule has 2 unspecified atom stereocenters. The smallest absolute Gasteiger partial charge is 0.335 e. The van der Waals surface area contributed by atoms with E-state index in [4.69, 9.17) is 20.6 Å². The molecule has 0 spiro atoms. The van der Waals surface area contributed by atoms with Crippen molar-refractivity contribution in [2.45, 2.75) is 32.6 Å². The van der Waals surface area contributed by atoms with Crippen LogP contribution in [0.2, 0.25) is 0 Å². The molecule has 37 heavy (non-hydrogen) atoms. The Balaban J connectivity index is 1.50. The zero-order valence-corrected chi connectivity index (χ0v) is 22.1. The molecule has 2 atom stereocenters. The molecule has 0 aromatic carbocycles. The number of hydrogen-bond donors (Lipinski definition) is 5. The normalized spacial score (nSPS) is 19.7. The minimum absolute atomic E-state index is 0.0957. The van der Waals surface area contributed by atoms with E-state index in [1.54, 1.807) is 10.8 Å². The van der Waals surface area contributed by atoms with Crippen molar-refractivity contribution in [3.63, 3.8) is 0 Å². The minimum Gasteiger partial charge on any atom is -0.383 e. The van der Waals surface area contributed by atoms with E-state index in [1.165, 1.54) is 6.33 Å². The van der Waals surface area contributed by atoms with E-state index >= 15 is 0 Å². The van der Waals surface area contributed by atoms with Crippen LogP contribution in [0.25, 0.3) is 22.3 Å². The average molecular weight is 548 g/mol. The number of hydrogen-bond acceptors (Lipinski definition) is 7. The molecule has 12 nitrogen and oxygen atoms in total. The van der Waals surface area contributed by atoms with Gasteiger partial charge >= 0.3 is 7.60 Å². The quantitative estimate of drug-likeness (QED) is 0.230. The third kappa shape index (κ3) is 6.71. The van der Waals surface area contributed by atoms with Crippen molar-refractivity contribution in [3.8, 4) is 0 Å². The maximum Gasteiger partial charge on any atom is 0.335 e. The van der Waals surface area contributed by atoms with Crippen LogP contribution >= 0.6 is 15.0 Å². The number of fused-ring (bicyclic) bond motifs is 1. The van der Waals surface area contributed by atoms with Crippen molar-refractivity contribution in [2.75, 3.05) is 24.3 Å². The molecule has 198 valence electrons. The molecule has 6 N–H and O–H groups in total. The zero-order valence-electron chi connectivity index (χ0n) is 20.3. The van der Waals surface area contributed by atoms with E-state index in [2.05, 4.69) is 34.4 Å². The lowest BCUT2D eigenvalue weighted by Gasteiger charge is -2.15. The van der Waals surface area contributed by atoms with Crippen LogP contribution in [0, 0.1) is 5.92 Å². The van der Waals surface area contributed by atoms with Crippen LogP contribution in [-0.2, 0) is 13.9 Å². The Kier molecular flexibility index (Phi) is 7.96. The Bertz CT molecular complexity index is 1440. The van der Waals surface area contributed by atoms with Crippen LogP contribution in [0.1, 0.15) is 38.3 Å². The summed E-state index contributed by atoms with van der Waals surface area (Å²) in [4.78, 5) is 48.9. The summed E-state index contributed by atoms with van der Waals surface area (Å²) >= 11 is 0. The van der Waals surface area contributed by atoms with Gasteiger partial charge in [0.15, 0.2) is 5.65 Å². The number of nitrogens with zero attached hydrogens (tertiary/aromatic N) is 4. The SMILES string of the molecule is CC1C=CC(c2nn(C3=CCCC(C(=O)NCCCP(=O)(O)CP(=O)(O)O)=C3)c3ncnc(N)c23)=CC1. The van der Waals surface area contributed by atoms with Crippen molar-refractivity contribution in [1.29, 1.82) is 0 Å². The highest BCUT2D eigenvalue weighted by Crippen LogP contribution is 2.54. The predicted octanol–water partition coefficient (Wildman–Crippen LogP) is 2.86. The number of anilines is 1. The molecule has 2 aliphatic carbocycles. The molecular formula is C23H30N6O6P2. The molecule has 0 bridgehead atoms. The molecule has 0 saturated heterocycles. The summed E-state index contributed by atoms with van der Waals surface area (Å²) in [5, 5.41) is 8.15. The van der Waals surface area contributed by atoms with Gasteiger partial charge in [-0.3, -0.25) is 13.9 Å². The first kappa shape index (κ1) is 27.2. The first-order valence-corrected chi connectivity index (χ1v) is 15.7. The van der Waals surface area contributed by atoms with Gasteiger partial charge in [0.1, 0.15) is 23.7 Å². The fourth-order valence-electron chi connectivity index (χ4n) is 4.27. The van der Waals surface area contributed by atoms with E-state index in [-0.39, 0.29) is 25.0 Å². The van der Waals surface area contributed by atoms with Crippen molar-refractivity contribution in [1.82, 2.24) is 25.1 Å². The molecule has 2 aromatic rings. The van der Waals surface area contributed by atoms with Crippen LogP contribution in [0.3, 0.4) is 0 Å². The number of rotatable bonds is 9. The third-order valence-corrected chi connectivity index (χ3v) is 10.3. The Morgan fingerprint density at radius 1 is 1.24 bits per heavy atom. The van der Waals surface area contributed by atoms with Crippen LogP contribution in [0.15, 0.2) is 42.3 Å². The standard InChI is InChI=1S/C23H30N6O6P2/c1-15-6-8-16(9-7-15)20-19-21(24)26-13-27-22(19)29(28-20)18-5-2-4-17(12-18)23(30)25-10-3-11-36(31,32)14-37(33,34)35/h5-6,8-9,12-13,15H,2-4,7,10-11,14H2,1H3,(H,25,30)(H,31,32)(H2,24,26,27)(H2,33,34,35). The van der Waals surface area contributed by atoms with Gasteiger partial charge < -0.3 is 25.7 Å². The monoisotopic (exact) mass is 548 g/mol. The van der Waals surface area contributed by atoms with Crippen LogP contribution in [0.4, 0.5) is 5.82 Å². The Morgan fingerprint density at radius 3 is 2.73 bits per heavy atom. The number of nitrogens with one attached hydrogen (secondary N) is 1. The maximum absolute atomic E-state index is 12.8. The van der Waals surface area contributed by atoms with Gasteiger partial charge in [0.2, 0.25) is 13.3 Å². The molecule has 2 aliphatic rings. The van der Waals surface area contributed by atoms with Crippen LogP contribution in [0.5, 0.6) is 0 Å². The summed E-state index contributed by atoms with van der Waals surface area (Å²) in [6.07, 6.45) is 13.1. The molecular weight excluding hydrogens is 518 g/mol. The second-order valence-corrected chi connectivity index (χ2v) is 13.9. The number of aromatic nitrogens is 4. The summed E-state index contributed by atoms with van der Waals surface area (Å²) in [7, 11) is -8.57. The average Bonchev–Trinajstić information content (AvgIpc) is 3.22. The number of carbonyl (C=O) groups is 1. The Morgan fingerprint density at radius 2 is 2.03 bits per heavy atom. The number of carbonyl (C=O) groups excluding carboxylic acids is 1. The maximum atomic E-state index is 12.8. The molecule has 2 aromatic heterocycles. The number of nitrogen functional groups attached to an aromatic ring is 1. The summed E-state index contributed by atoms with van der Waals surface area (Å²) in [5.41, 5.74) is 9.52. The Hall–Kier alpha value is -2.88. The molecule has 0 radical (unpaired) electrons. The van der Waals surface area contributed by atoms with Gasteiger partial charge in [0, 0.05) is 18.3 Å². The Labute approximate surface area is 213 Å². The summed E-state index contributed by atoms with van der Waals surface area (Å²) in [6.45, 7) is 2.23. The largest absolute Gasteiger partial charge is 0.383 e. The van der Waals surface area contributed by atoms with E-state index in [1.807, 2.05) is 12.2 Å². The highest BCUT2D eigenvalue weighted by molar-refractivity contribution is 7.72. The fourth-order valence-corrected chi connectivity index (χ4v) is 7.79. The minimum atomic E-state index is -4.59. The second-order valence-electron chi connectivity index (χ2n) is 9.27. The van der Waals surface area contributed by atoms with Crippen LogP contribution < -0.4 is 11.1 Å². The first-order chi connectivity index (χ1) is 17.4. The van der Waals surface area contributed by atoms with Gasteiger partial charge in [0.25, 0.3) is 0 Å². The van der Waals surface area contributed by atoms with Crippen LogP contribution in [-0.4, -0.2) is 58.9 Å². The lowest BCUT2D eigenvalue weighted by Crippen LogP contribution is -2.27. The van der Waals surface area contributed by atoms with Gasteiger partial charge in [-0.15, -0.1) is 0 Å². The van der Waals surface area contributed by atoms with Crippen molar-refractivity contribution in [3.05, 3.63) is 48.0 Å².